The van der Waals surface area contributed by atoms with E-state index in [1.165, 1.54) is 4.90 Å². The Labute approximate surface area is 149 Å². The van der Waals surface area contributed by atoms with Gasteiger partial charge in [0.05, 0.1) is 5.69 Å². The monoisotopic (exact) mass is 387 g/mol. The van der Waals surface area contributed by atoms with Gasteiger partial charge in [0, 0.05) is 16.7 Å². The summed E-state index contributed by atoms with van der Waals surface area (Å²) in [5.41, 5.74) is 1.58. The van der Waals surface area contributed by atoms with E-state index in [1.54, 1.807) is 6.20 Å². The van der Waals surface area contributed by atoms with Crippen molar-refractivity contribution in [3.63, 3.8) is 0 Å². The molecule has 0 radical (unpaired) electrons. The van der Waals surface area contributed by atoms with Crippen LogP contribution in [0.2, 0.25) is 0 Å². The van der Waals surface area contributed by atoms with E-state index in [0.29, 0.717) is 17.9 Å². The van der Waals surface area contributed by atoms with Crippen LogP contribution in [0.25, 0.3) is 0 Å². The van der Waals surface area contributed by atoms with Gasteiger partial charge in [0.1, 0.15) is 11.7 Å². The number of benzene rings is 1. The van der Waals surface area contributed by atoms with E-state index in [1.807, 2.05) is 50.2 Å². The number of hydrogen-bond acceptors (Lipinski definition) is 3. The fourth-order valence-electron chi connectivity index (χ4n) is 2.81. The van der Waals surface area contributed by atoms with Crippen LogP contribution in [-0.4, -0.2) is 22.8 Å². The van der Waals surface area contributed by atoms with Crippen LogP contribution in [0, 0.1) is 5.92 Å². The first kappa shape index (κ1) is 16.6. The summed E-state index contributed by atoms with van der Waals surface area (Å²) in [7, 11) is 0. The molecule has 3 rings (SSSR count). The number of carbonyl (C=O) groups excluding carboxylic acids is 2. The minimum absolute atomic E-state index is 0.0140. The zero-order valence-electron chi connectivity index (χ0n) is 13.5. The Bertz CT molecular complexity index is 791. The van der Waals surface area contributed by atoms with Crippen LogP contribution in [0.15, 0.2) is 47.1 Å². The van der Waals surface area contributed by atoms with Gasteiger partial charge in [-0.25, -0.2) is 4.98 Å². The first-order chi connectivity index (χ1) is 11.5. The van der Waals surface area contributed by atoms with Crippen molar-refractivity contribution in [2.75, 3.05) is 4.90 Å². The van der Waals surface area contributed by atoms with Crippen molar-refractivity contribution < 1.29 is 9.59 Å². The van der Waals surface area contributed by atoms with Gasteiger partial charge in [-0.05, 0) is 50.1 Å². The van der Waals surface area contributed by atoms with Gasteiger partial charge in [-0.2, -0.15) is 0 Å². The van der Waals surface area contributed by atoms with E-state index in [9.17, 15) is 9.59 Å². The van der Waals surface area contributed by atoms with Gasteiger partial charge in [-0.1, -0.05) is 28.1 Å². The van der Waals surface area contributed by atoms with E-state index in [0.717, 1.165) is 10.0 Å². The van der Waals surface area contributed by atoms with Gasteiger partial charge < -0.3 is 5.32 Å². The van der Waals surface area contributed by atoms with Crippen molar-refractivity contribution in [3.05, 3.63) is 52.6 Å². The largest absolute Gasteiger partial charge is 0.353 e. The number of amides is 2. The van der Waals surface area contributed by atoms with Crippen LogP contribution in [0.3, 0.4) is 0 Å². The topological polar surface area (TPSA) is 62.3 Å². The van der Waals surface area contributed by atoms with Crippen LogP contribution in [0.5, 0.6) is 0 Å². The first-order valence-electron chi connectivity index (χ1n) is 7.81. The summed E-state index contributed by atoms with van der Waals surface area (Å²) in [6, 6.07) is 11.1. The third-order valence-electron chi connectivity index (χ3n) is 3.84. The molecule has 1 aromatic heterocycles. The third-order valence-corrected chi connectivity index (χ3v) is 4.33. The molecule has 1 unspecified atom stereocenters. The van der Waals surface area contributed by atoms with Crippen LogP contribution in [0.4, 0.5) is 11.5 Å². The Morgan fingerprint density at radius 3 is 2.83 bits per heavy atom. The second-order valence-electron chi connectivity index (χ2n) is 6.06. The predicted octanol–water partition coefficient (Wildman–Crippen LogP) is 3.21. The van der Waals surface area contributed by atoms with E-state index in [-0.39, 0.29) is 17.9 Å². The van der Waals surface area contributed by atoms with Gasteiger partial charge >= 0.3 is 0 Å². The summed E-state index contributed by atoms with van der Waals surface area (Å²) in [4.78, 5) is 31.4. The summed E-state index contributed by atoms with van der Waals surface area (Å²) in [6.45, 7) is 3.76. The predicted molar refractivity (Wildman–Crippen MR) is 96.0 cm³/mol. The minimum Gasteiger partial charge on any atom is -0.353 e. The molecule has 5 nitrogen and oxygen atoms in total. The molecule has 124 valence electrons. The van der Waals surface area contributed by atoms with Crippen LogP contribution in [-0.2, 0) is 16.0 Å². The second-order valence-corrected chi connectivity index (χ2v) is 6.98. The molecule has 2 heterocycles. The lowest BCUT2D eigenvalue weighted by Gasteiger charge is -2.32. The molecular weight excluding hydrogens is 370 g/mol. The Hall–Kier alpha value is -2.21. The fraction of sp³-hybridized carbons (Fsp3) is 0.278. The molecule has 2 amide bonds. The van der Waals surface area contributed by atoms with Crippen LogP contribution >= 0.6 is 15.9 Å². The number of fused-ring (bicyclic) bond motifs is 1. The number of rotatable bonds is 3. The molecule has 0 spiro atoms. The molecule has 6 heteroatoms. The van der Waals surface area contributed by atoms with E-state index in [2.05, 4.69) is 26.2 Å². The highest BCUT2D eigenvalue weighted by molar-refractivity contribution is 9.10. The van der Waals surface area contributed by atoms with Crippen LogP contribution in [0.1, 0.15) is 19.4 Å². The molecular formula is C18H18BrN3O2. The van der Waals surface area contributed by atoms with E-state index < -0.39 is 5.92 Å². The molecule has 1 atom stereocenters. The number of carbonyl (C=O) groups is 2. The van der Waals surface area contributed by atoms with Gasteiger partial charge in [0.25, 0.3) is 0 Å². The lowest BCUT2D eigenvalue weighted by Crippen LogP contribution is -2.47. The lowest BCUT2D eigenvalue weighted by atomic mass is 9.92. The molecule has 0 saturated carbocycles. The molecule has 1 N–H and O–H groups in total. The number of nitrogens with one attached hydrogen (secondary N) is 1. The van der Waals surface area contributed by atoms with E-state index in [4.69, 9.17) is 0 Å². The van der Waals surface area contributed by atoms with Gasteiger partial charge in [-0.3, -0.25) is 14.5 Å². The highest BCUT2D eigenvalue weighted by Gasteiger charge is 2.39. The zero-order valence-corrected chi connectivity index (χ0v) is 15.1. The Kier molecular flexibility index (Phi) is 4.66. The van der Waals surface area contributed by atoms with Gasteiger partial charge in [-0.15, -0.1) is 0 Å². The summed E-state index contributed by atoms with van der Waals surface area (Å²) < 4.78 is 0.860. The zero-order chi connectivity index (χ0) is 17.3. The smallest absolute Gasteiger partial charge is 0.245 e. The highest BCUT2D eigenvalue weighted by atomic mass is 79.9. The minimum atomic E-state index is -0.747. The number of anilines is 2. The quantitative estimate of drug-likeness (QED) is 0.822. The molecule has 0 aliphatic carbocycles. The van der Waals surface area contributed by atoms with E-state index >= 15 is 0 Å². The third kappa shape index (κ3) is 3.19. The van der Waals surface area contributed by atoms with Crippen molar-refractivity contribution in [3.8, 4) is 0 Å². The summed E-state index contributed by atoms with van der Waals surface area (Å²) in [5.74, 6) is -0.653. The molecule has 1 aliphatic rings. The number of nitrogens with zero attached hydrogens (tertiary/aromatic N) is 2. The van der Waals surface area contributed by atoms with Crippen molar-refractivity contribution in [2.24, 2.45) is 5.92 Å². The van der Waals surface area contributed by atoms with Crippen molar-refractivity contribution in [1.82, 2.24) is 10.3 Å². The summed E-state index contributed by atoms with van der Waals surface area (Å²) in [6.07, 6.45) is 2.02. The Balaban J connectivity index is 2.06. The highest BCUT2D eigenvalue weighted by Crippen LogP contribution is 2.35. The fourth-order valence-corrected chi connectivity index (χ4v) is 3.20. The first-order valence-corrected chi connectivity index (χ1v) is 8.60. The standard InChI is InChI=1S/C18H18BrN3O2/c1-11(2)21-17(23)15-9-12-5-4-8-20-16(12)22(18(15)24)14-7-3-6-13(19)10-14/h3-8,10-11,15H,9H2,1-2H3,(H,21,23). The summed E-state index contributed by atoms with van der Waals surface area (Å²) >= 11 is 3.43. The number of hydrogen-bond donors (Lipinski definition) is 1. The maximum atomic E-state index is 13.0. The number of halogens is 1. The van der Waals surface area contributed by atoms with Crippen molar-refractivity contribution >= 4 is 39.2 Å². The average Bonchev–Trinajstić information content (AvgIpc) is 2.53. The maximum absolute atomic E-state index is 13.0. The SMILES string of the molecule is CC(C)NC(=O)C1Cc2cccnc2N(c2cccc(Br)c2)C1=O. The molecule has 0 saturated heterocycles. The Morgan fingerprint density at radius 1 is 1.33 bits per heavy atom. The van der Waals surface area contributed by atoms with Crippen molar-refractivity contribution in [2.45, 2.75) is 26.3 Å². The molecule has 0 bridgehead atoms. The Morgan fingerprint density at radius 2 is 2.12 bits per heavy atom. The lowest BCUT2D eigenvalue weighted by molar-refractivity contribution is -0.134. The maximum Gasteiger partial charge on any atom is 0.245 e. The molecule has 0 fully saturated rings. The number of pyridine rings is 1. The normalized spacial score (nSPS) is 16.9. The number of aromatic nitrogens is 1. The van der Waals surface area contributed by atoms with Crippen molar-refractivity contribution in [1.29, 1.82) is 0 Å². The molecule has 2 aromatic rings. The van der Waals surface area contributed by atoms with Crippen LogP contribution < -0.4 is 10.2 Å². The average molecular weight is 388 g/mol. The summed E-state index contributed by atoms with van der Waals surface area (Å²) in [5, 5.41) is 2.84. The molecule has 24 heavy (non-hydrogen) atoms. The van der Waals surface area contributed by atoms with Gasteiger partial charge in [0.2, 0.25) is 11.8 Å². The van der Waals surface area contributed by atoms with Gasteiger partial charge in [0.15, 0.2) is 0 Å². The molecule has 1 aliphatic heterocycles. The molecule has 1 aromatic carbocycles. The second kappa shape index (κ2) is 6.73.